The van der Waals surface area contributed by atoms with Crippen LogP contribution in [0.1, 0.15) is 50.2 Å². The Labute approximate surface area is 190 Å². The molecule has 2 fully saturated rings. The number of ketones is 2. The predicted octanol–water partition coefficient (Wildman–Crippen LogP) is 0.594. The van der Waals surface area contributed by atoms with Crippen molar-refractivity contribution in [2.75, 3.05) is 6.61 Å². The van der Waals surface area contributed by atoms with E-state index in [1.54, 1.807) is 25.1 Å². The quantitative estimate of drug-likeness (QED) is 0.315. The van der Waals surface area contributed by atoms with E-state index in [4.69, 9.17) is 10.5 Å². The van der Waals surface area contributed by atoms with Gasteiger partial charge in [0.1, 0.15) is 17.4 Å². The molecule has 0 radical (unpaired) electrons. The van der Waals surface area contributed by atoms with Crippen LogP contribution < -0.4 is 10.5 Å². The van der Waals surface area contributed by atoms with Crippen molar-refractivity contribution >= 4 is 23.2 Å². The summed E-state index contributed by atoms with van der Waals surface area (Å²) >= 11 is 0. The largest absolute Gasteiger partial charge is 0.507 e. The van der Waals surface area contributed by atoms with E-state index in [-0.39, 0.29) is 17.6 Å². The molecule has 0 aromatic heterocycles. The number of ether oxygens (including phenoxy) is 1. The molecule has 1 aromatic carbocycles. The molecule has 1 amide bonds. The van der Waals surface area contributed by atoms with Crippen LogP contribution >= 0.6 is 0 Å². The molecule has 0 aliphatic heterocycles. The Balaban J connectivity index is 1.87. The van der Waals surface area contributed by atoms with Crippen LogP contribution in [0.3, 0.4) is 0 Å². The van der Waals surface area contributed by atoms with E-state index in [9.17, 15) is 34.8 Å². The van der Waals surface area contributed by atoms with Crippen LogP contribution in [0.2, 0.25) is 0 Å². The van der Waals surface area contributed by atoms with Gasteiger partial charge in [-0.15, -0.1) is 0 Å². The molecule has 9 heteroatoms. The third-order valence-electron chi connectivity index (χ3n) is 7.42. The second-order valence-corrected chi connectivity index (χ2v) is 9.24. The maximum atomic E-state index is 13.6. The number of nitrogens with two attached hydrogens (primary N) is 1. The van der Waals surface area contributed by atoms with Crippen molar-refractivity contribution < 1.29 is 39.5 Å². The topological polar surface area (TPSA) is 167 Å². The first-order chi connectivity index (χ1) is 15.6. The normalized spacial score (nSPS) is 35.5. The zero-order valence-corrected chi connectivity index (χ0v) is 18.5. The van der Waals surface area contributed by atoms with Gasteiger partial charge in [0.15, 0.2) is 11.4 Å². The Hall–Kier alpha value is -2.75. The molecule has 4 rings (SSSR count). The Kier molecular flexibility index (Phi) is 5.84. The number of amides is 1. The van der Waals surface area contributed by atoms with Gasteiger partial charge in [-0.3, -0.25) is 14.4 Å². The van der Waals surface area contributed by atoms with Crippen LogP contribution in [0, 0.1) is 17.8 Å². The summed E-state index contributed by atoms with van der Waals surface area (Å²) in [6.45, 7) is 4.18. The number of fused-ring (bicyclic) bond motifs is 3. The number of benzene rings is 1. The van der Waals surface area contributed by atoms with E-state index < -0.39 is 64.7 Å². The Morgan fingerprint density at radius 2 is 1.97 bits per heavy atom. The van der Waals surface area contributed by atoms with Gasteiger partial charge in [-0.2, -0.15) is 0 Å². The summed E-state index contributed by atoms with van der Waals surface area (Å²) in [5.41, 5.74) is 3.13. The molecule has 0 spiro atoms. The summed E-state index contributed by atoms with van der Waals surface area (Å²) in [6, 6.07) is 5.18. The molecule has 0 heterocycles. The van der Waals surface area contributed by atoms with Crippen LogP contribution in [0.5, 0.6) is 5.75 Å². The number of rotatable bonds is 5. The monoisotopic (exact) mass is 459 g/mol. The van der Waals surface area contributed by atoms with E-state index in [1.807, 2.05) is 6.92 Å². The fourth-order valence-electron chi connectivity index (χ4n) is 5.69. The first kappa shape index (κ1) is 23.4. The number of hydrogen-bond acceptors (Lipinski definition) is 8. The standard InChI is InChI=1S/C24H29NO8/c1-3-4-8-33-14-7-5-6-11-10(2)15-18(20(28)16(11)14)22(30)24(32)12(19(15)27)9-13(26)17(21(24)29)23(25)31/h5-7,10,12-13,15,17,19,26-28,32H,3-4,8-9H2,1-2H3,(H2,25,31)/t10-,12+,13?,15+,17?,19+,24+/m0/s1. The molecule has 6 N–H and O–H groups in total. The minimum atomic E-state index is -2.78. The number of carbonyl (C=O) groups is 3. The Morgan fingerprint density at radius 1 is 1.27 bits per heavy atom. The van der Waals surface area contributed by atoms with Gasteiger partial charge in [0.25, 0.3) is 0 Å². The molecule has 0 saturated heterocycles. The van der Waals surface area contributed by atoms with Gasteiger partial charge in [0, 0.05) is 17.4 Å². The molecule has 9 nitrogen and oxygen atoms in total. The number of primary amides is 1. The third kappa shape index (κ3) is 3.21. The van der Waals surface area contributed by atoms with Gasteiger partial charge in [-0.05, 0) is 30.4 Å². The van der Waals surface area contributed by atoms with E-state index in [1.165, 1.54) is 0 Å². The summed E-state index contributed by atoms with van der Waals surface area (Å²) in [5.74, 6) is -8.15. The van der Waals surface area contributed by atoms with Gasteiger partial charge in [0.05, 0.1) is 24.4 Å². The number of aliphatic hydroxyl groups is 4. The van der Waals surface area contributed by atoms with Crippen molar-refractivity contribution in [1.29, 1.82) is 0 Å². The van der Waals surface area contributed by atoms with Gasteiger partial charge in [0.2, 0.25) is 11.7 Å². The Bertz CT molecular complexity index is 1050. The average molecular weight is 459 g/mol. The van der Waals surface area contributed by atoms with Gasteiger partial charge in [-0.25, -0.2) is 0 Å². The highest BCUT2D eigenvalue weighted by molar-refractivity contribution is 6.25. The summed E-state index contributed by atoms with van der Waals surface area (Å²) in [7, 11) is 0. The molecule has 1 aromatic rings. The van der Waals surface area contributed by atoms with Crippen molar-refractivity contribution in [2.45, 2.75) is 56.8 Å². The van der Waals surface area contributed by atoms with Crippen molar-refractivity contribution in [3.8, 4) is 5.75 Å². The van der Waals surface area contributed by atoms with Gasteiger partial charge in [-0.1, -0.05) is 32.4 Å². The molecule has 3 aliphatic rings. The van der Waals surface area contributed by atoms with E-state index in [0.717, 1.165) is 12.8 Å². The number of Topliss-reactive ketones (excluding diaryl/α,β-unsaturated/α-hetero) is 2. The molecule has 178 valence electrons. The average Bonchev–Trinajstić information content (AvgIpc) is 2.76. The second kappa shape index (κ2) is 8.23. The molecule has 0 bridgehead atoms. The highest BCUT2D eigenvalue weighted by Crippen LogP contribution is 2.55. The van der Waals surface area contributed by atoms with Crippen molar-refractivity contribution in [3.63, 3.8) is 0 Å². The van der Waals surface area contributed by atoms with Crippen LogP contribution in [0.25, 0.3) is 5.76 Å². The fraction of sp³-hybridized carbons (Fsp3) is 0.542. The van der Waals surface area contributed by atoms with E-state index in [0.29, 0.717) is 17.9 Å². The lowest BCUT2D eigenvalue weighted by molar-refractivity contribution is -0.186. The molecule has 3 aliphatic carbocycles. The van der Waals surface area contributed by atoms with Crippen LogP contribution in [0.15, 0.2) is 23.8 Å². The SMILES string of the molecule is CCCCOc1cccc2c1C(O)=C1C(=O)[C@]3(O)C(=O)C(C(N)=O)C(O)C[C@@H]3[C@@H](O)[C@@H]1[C@H]2C. The van der Waals surface area contributed by atoms with E-state index >= 15 is 0 Å². The number of carbonyl (C=O) groups excluding carboxylic acids is 3. The molecular formula is C24H29NO8. The lowest BCUT2D eigenvalue weighted by Gasteiger charge is -2.52. The van der Waals surface area contributed by atoms with Gasteiger partial charge >= 0.3 is 0 Å². The summed E-state index contributed by atoms with van der Waals surface area (Å²) < 4.78 is 5.83. The lowest BCUT2D eigenvalue weighted by atomic mass is 9.53. The highest BCUT2D eigenvalue weighted by atomic mass is 16.5. The van der Waals surface area contributed by atoms with Crippen molar-refractivity contribution in [2.24, 2.45) is 23.5 Å². The third-order valence-corrected chi connectivity index (χ3v) is 7.42. The molecule has 7 atom stereocenters. The fourth-order valence-corrected chi connectivity index (χ4v) is 5.69. The number of aliphatic hydroxyl groups excluding tert-OH is 3. The maximum Gasteiger partial charge on any atom is 0.230 e. The number of hydrogen-bond donors (Lipinski definition) is 5. The van der Waals surface area contributed by atoms with Gasteiger partial charge < -0.3 is 30.9 Å². The van der Waals surface area contributed by atoms with E-state index in [2.05, 4.69) is 0 Å². The predicted molar refractivity (Wildman–Crippen MR) is 116 cm³/mol. The maximum absolute atomic E-state index is 13.6. The molecular weight excluding hydrogens is 430 g/mol. The minimum Gasteiger partial charge on any atom is -0.507 e. The number of unbranched alkanes of at least 4 members (excludes halogenated alkanes) is 1. The summed E-state index contributed by atoms with van der Waals surface area (Å²) in [5, 5.41) is 44.1. The molecule has 33 heavy (non-hydrogen) atoms. The highest BCUT2D eigenvalue weighted by Gasteiger charge is 2.67. The smallest absolute Gasteiger partial charge is 0.230 e. The second-order valence-electron chi connectivity index (χ2n) is 9.24. The Morgan fingerprint density at radius 3 is 2.61 bits per heavy atom. The molecule has 2 unspecified atom stereocenters. The van der Waals surface area contributed by atoms with Crippen LogP contribution in [-0.2, 0) is 14.4 Å². The first-order valence-electron chi connectivity index (χ1n) is 11.2. The van der Waals surface area contributed by atoms with Crippen LogP contribution in [0.4, 0.5) is 0 Å². The first-order valence-corrected chi connectivity index (χ1v) is 11.2. The van der Waals surface area contributed by atoms with Crippen molar-refractivity contribution in [1.82, 2.24) is 0 Å². The summed E-state index contributed by atoms with van der Waals surface area (Å²) in [6.07, 6.45) is -1.66. The van der Waals surface area contributed by atoms with Crippen molar-refractivity contribution in [3.05, 3.63) is 34.9 Å². The molecule has 2 saturated carbocycles. The minimum absolute atomic E-state index is 0.277. The van der Waals surface area contributed by atoms with Crippen LogP contribution in [-0.4, -0.2) is 62.3 Å². The lowest BCUT2D eigenvalue weighted by Crippen LogP contribution is -2.70. The summed E-state index contributed by atoms with van der Waals surface area (Å²) in [4.78, 5) is 38.5. The zero-order valence-electron chi connectivity index (χ0n) is 18.5. The zero-order chi connectivity index (χ0) is 24.2.